The van der Waals surface area contributed by atoms with Crippen LogP contribution >= 0.6 is 11.8 Å². The molecule has 1 aliphatic heterocycles. The Morgan fingerprint density at radius 1 is 1.17 bits per heavy atom. The number of hydrogen-bond acceptors (Lipinski definition) is 5. The lowest BCUT2D eigenvalue weighted by Gasteiger charge is -2.33. The summed E-state index contributed by atoms with van der Waals surface area (Å²) in [6.07, 6.45) is 0.705. The highest BCUT2D eigenvalue weighted by atomic mass is 32.2. The van der Waals surface area contributed by atoms with Crippen LogP contribution < -0.4 is 10.7 Å². The van der Waals surface area contributed by atoms with Crippen LogP contribution in [0.15, 0.2) is 47.6 Å². The van der Waals surface area contributed by atoms with Gasteiger partial charge in [-0.2, -0.15) is 0 Å². The Morgan fingerprint density at radius 2 is 1.93 bits per heavy atom. The molecule has 1 amide bonds. The Hall–Kier alpha value is -2.87. The second kappa shape index (κ2) is 7.87. The number of nitrogens with one attached hydrogen (secondary N) is 2. The maximum Gasteiger partial charge on any atom is 0.240 e. The molecule has 0 spiro atoms. The molecule has 4 rings (SSSR count). The van der Waals surface area contributed by atoms with Gasteiger partial charge in [0.15, 0.2) is 5.82 Å². The fraction of sp³-hybridized carbons (Fsp3) is 0.286. The summed E-state index contributed by atoms with van der Waals surface area (Å²) in [6.45, 7) is 6.04. The summed E-state index contributed by atoms with van der Waals surface area (Å²) in [6, 6.07) is 11.7. The number of amides is 1. The average Bonchev–Trinajstić information content (AvgIpc) is 3.12. The van der Waals surface area contributed by atoms with Crippen LogP contribution in [0.4, 0.5) is 10.1 Å². The number of aryl methyl sites for hydroxylation is 3. The number of carbonyl (C=O) groups excluding carboxylic acids is 1. The van der Waals surface area contributed by atoms with E-state index in [-0.39, 0.29) is 17.8 Å². The Balaban J connectivity index is 1.66. The molecule has 0 bridgehead atoms. The fourth-order valence-electron chi connectivity index (χ4n) is 3.28. The topological polar surface area (TPSA) is 71.8 Å². The first-order chi connectivity index (χ1) is 14.0. The van der Waals surface area contributed by atoms with E-state index in [4.69, 9.17) is 0 Å². The molecule has 1 aromatic heterocycles. The van der Waals surface area contributed by atoms with Crippen molar-refractivity contribution in [1.29, 1.82) is 0 Å². The van der Waals surface area contributed by atoms with E-state index in [1.165, 1.54) is 29.5 Å². The van der Waals surface area contributed by atoms with Gasteiger partial charge in [-0.1, -0.05) is 36.9 Å². The van der Waals surface area contributed by atoms with Crippen LogP contribution in [0.2, 0.25) is 0 Å². The molecule has 0 saturated heterocycles. The molecule has 2 aromatic carbocycles. The van der Waals surface area contributed by atoms with Crippen molar-refractivity contribution in [1.82, 2.24) is 14.9 Å². The maximum atomic E-state index is 13.4. The van der Waals surface area contributed by atoms with Gasteiger partial charge in [0.2, 0.25) is 11.1 Å². The van der Waals surface area contributed by atoms with Crippen molar-refractivity contribution < 1.29 is 9.18 Å². The van der Waals surface area contributed by atoms with Crippen LogP contribution in [-0.4, -0.2) is 26.0 Å². The number of anilines is 1. The third-order valence-corrected chi connectivity index (χ3v) is 6.30. The Labute approximate surface area is 172 Å². The second-order valence-corrected chi connectivity index (χ2v) is 8.18. The summed E-state index contributed by atoms with van der Waals surface area (Å²) in [4.78, 5) is 13.2. The van der Waals surface area contributed by atoms with Crippen LogP contribution in [0, 0.1) is 19.7 Å². The van der Waals surface area contributed by atoms with E-state index in [1.807, 2.05) is 43.6 Å². The molecule has 8 heteroatoms. The van der Waals surface area contributed by atoms with Gasteiger partial charge in [0.25, 0.3) is 0 Å². The highest BCUT2D eigenvalue weighted by Crippen LogP contribution is 2.37. The minimum atomic E-state index is -0.497. The average molecular weight is 412 g/mol. The molecular formula is C21H22FN5OS. The van der Waals surface area contributed by atoms with Crippen molar-refractivity contribution in [2.24, 2.45) is 0 Å². The van der Waals surface area contributed by atoms with E-state index < -0.39 is 5.25 Å². The summed E-state index contributed by atoms with van der Waals surface area (Å²) in [7, 11) is 0. The normalized spacial score (nSPS) is 18.1. The van der Waals surface area contributed by atoms with Gasteiger partial charge < -0.3 is 10.7 Å². The maximum absolute atomic E-state index is 13.4. The molecule has 0 unspecified atom stereocenters. The molecule has 2 atom stereocenters. The van der Waals surface area contributed by atoms with Gasteiger partial charge in [0.1, 0.15) is 11.1 Å². The van der Waals surface area contributed by atoms with E-state index >= 15 is 0 Å². The number of aromatic nitrogens is 3. The first kappa shape index (κ1) is 19.4. The van der Waals surface area contributed by atoms with Gasteiger partial charge in [0, 0.05) is 12.1 Å². The highest BCUT2D eigenvalue weighted by Gasteiger charge is 2.37. The number of thioether (sulfide) groups is 1. The van der Waals surface area contributed by atoms with Gasteiger partial charge in [-0.05, 0) is 54.8 Å². The largest absolute Gasteiger partial charge is 0.325 e. The molecule has 3 aromatic rings. The van der Waals surface area contributed by atoms with Crippen LogP contribution in [0.1, 0.15) is 35.5 Å². The third kappa shape index (κ3) is 3.85. The zero-order valence-corrected chi connectivity index (χ0v) is 17.3. The molecule has 2 heterocycles. The van der Waals surface area contributed by atoms with Crippen molar-refractivity contribution in [2.45, 2.75) is 43.6 Å². The van der Waals surface area contributed by atoms with Gasteiger partial charge in [-0.15, -0.1) is 10.2 Å². The minimum absolute atomic E-state index is 0.146. The van der Waals surface area contributed by atoms with Gasteiger partial charge in [-0.25, -0.2) is 9.07 Å². The molecule has 0 aliphatic carbocycles. The molecule has 0 saturated carbocycles. The Bertz CT molecular complexity index is 1050. The molecule has 0 fully saturated rings. The predicted molar refractivity (Wildman–Crippen MR) is 112 cm³/mol. The van der Waals surface area contributed by atoms with E-state index in [0.717, 1.165) is 22.6 Å². The Kier molecular flexibility index (Phi) is 5.27. The lowest BCUT2D eigenvalue weighted by molar-refractivity contribution is -0.116. The standard InChI is InChI=1S/C21H22FN5OS/c1-4-17-24-25-21-27(17)26-18(14-6-8-15(22)9-7-14)19(29-21)20(28)23-16-10-5-12(2)13(3)11-16/h5-11,18-19,26H,4H2,1-3H3,(H,23,28)/t18-,19+/m0/s1. The number of nitrogens with zero attached hydrogens (tertiary/aromatic N) is 3. The van der Waals surface area contributed by atoms with E-state index in [2.05, 4.69) is 20.9 Å². The first-order valence-electron chi connectivity index (χ1n) is 9.47. The third-order valence-electron chi connectivity index (χ3n) is 5.08. The van der Waals surface area contributed by atoms with Crippen molar-refractivity contribution >= 4 is 23.4 Å². The predicted octanol–water partition coefficient (Wildman–Crippen LogP) is 3.99. The summed E-state index contributed by atoms with van der Waals surface area (Å²) in [5.41, 5.74) is 7.20. The summed E-state index contributed by atoms with van der Waals surface area (Å²) in [5, 5.41) is 11.6. The number of benzene rings is 2. The zero-order chi connectivity index (χ0) is 20.5. The quantitative estimate of drug-likeness (QED) is 0.679. The molecule has 150 valence electrons. The number of halogens is 1. The SMILES string of the molecule is CCc1nnc2n1N[C@@H](c1ccc(F)cc1)[C@H](C(=O)Nc1ccc(C)c(C)c1)S2. The second-order valence-electron chi connectivity index (χ2n) is 7.07. The van der Waals surface area contributed by atoms with Crippen LogP contribution in [-0.2, 0) is 11.2 Å². The van der Waals surface area contributed by atoms with Crippen LogP contribution in [0.25, 0.3) is 0 Å². The lowest BCUT2D eigenvalue weighted by atomic mass is 10.0. The van der Waals surface area contributed by atoms with E-state index in [0.29, 0.717) is 11.6 Å². The molecule has 1 aliphatic rings. The monoisotopic (exact) mass is 411 g/mol. The summed E-state index contributed by atoms with van der Waals surface area (Å²) >= 11 is 1.36. The van der Waals surface area contributed by atoms with Gasteiger partial charge in [0.05, 0.1) is 6.04 Å². The highest BCUT2D eigenvalue weighted by molar-refractivity contribution is 8.00. The number of fused-ring (bicyclic) bond motifs is 1. The van der Waals surface area contributed by atoms with Gasteiger partial charge >= 0.3 is 0 Å². The molecule has 0 radical (unpaired) electrons. The molecule has 2 N–H and O–H groups in total. The van der Waals surface area contributed by atoms with Crippen molar-refractivity contribution in [3.05, 3.63) is 70.8 Å². The van der Waals surface area contributed by atoms with E-state index in [1.54, 1.807) is 12.1 Å². The minimum Gasteiger partial charge on any atom is -0.325 e. The summed E-state index contributed by atoms with van der Waals surface area (Å²) in [5.74, 6) is 0.326. The molecule has 29 heavy (non-hydrogen) atoms. The van der Waals surface area contributed by atoms with Crippen molar-refractivity contribution in [3.8, 4) is 0 Å². The lowest BCUT2D eigenvalue weighted by Crippen LogP contribution is -2.41. The number of hydrogen-bond donors (Lipinski definition) is 2. The van der Waals surface area contributed by atoms with Crippen molar-refractivity contribution in [2.75, 3.05) is 10.7 Å². The van der Waals surface area contributed by atoms with Crippen LogP contribution in [0.5, 0.6) is 0 Å². The van der Waals surface area contributed by atoms with Crippen LogP contribution in [0.3, 0.4) is 0 Å². The molecular weight excluding hydrogens is 389 g/mol. The molecule has 6 nitrogen and oxygen atoms in total. The Morgan fingerprint density at radius 3 is 2.62 bits per heavy atom. The van der Waals surface area contributed by atoms with E-state index in [9.17, 15) is 9.18 Å². The zero-order valence-electron chi connectivity index (χ0n) is 16.4. The first-order valence-corrected chi connectivity index (χ1v) is 10.4. The van der Waals surface area contributed by atoms with Gasteiger partial charge in [-0.3, -0.25) is 4.79 Å². The number of rotatable bonds is 4. The smallest absolute Gasteiger partial charge is 0.240 e. The summed E-state index contributed by atoms with van der Waals surface area (Å²) < 4.78 is 15.3. The fourth-order valence-corrected chi connectivity index (χ4v) is 4.38. The number of carbonyl (C=O) groups is 1. The van der Waals surface area contributed by atoms with Crippen molar-refractivity contribution in [3.63, 3.8) is 0 Å².